The van der Waals surface area contributed by atoms with Crippen molar-refractivity contribution in [3.05, 3.63) is 77.9 Å². The molecule has 0 saturated carbocycles. The Morgan fingerprint density at radius 1 is 1.17 bits per heavy atom. The molecule has 3 aromatic rings. The standard InChI is InChI=1S/C17H15ClN2O.C4H4O4/c1-2-5-15(19)14-10-11(18)8-9-12(14)17-13-6-3-4-7-16(13)21-20-17;5-3(6)1-2-4(7)8/h2-4,6-10,15H,1,5,19H2;1-2H,(H,5,6)(H,7,8)/b;2-1+. The van der Waals surface area contributed by atoms with Crippen LogP contribution >= 0.6 is 11.6 Å². The molecule has 0 radical (unpaired) electrons. The molecular weight excluding hydrogens is 396 g/mol. The van der Waals surface area contributed by atoms with Crippen molar-refractivity contribution in [2.24, 2.45) is 5.73 Å². The van der Waals surface area contributed by atoms with Gasteiger partial charge >= 0.3 is 11.9 Å². The van der Waals surface area contributed by atoms with Crippen molar-refractivity contribution in [1.82, 2.24) is 5.16 Å². The van der Waals surface area contributed by atoms with Crippen molar-refractivity contribution in [3.8, 4) is 11.3 Å². The first-order chi connectivity index (χ1) is 13.8. The normalized spacial score (nSPS) is 11.7. The number of carboxylic acids is 2. The van der Waals surface area contributed by atoms with Gasteiger partial charge in [0.1, 0.15) is 5.69 Å². The summed E-state index contributed by atoms with van der Waals surface area (Å²) in [4.78, 5) is 19.1. The van der Waals surface area contributed by atoms with E-state index in [9.17, 15) is 9.59 Å². The molecule has 0 aliphatic heterocycles. The van der Waals surface area contributed by atoms with E-state index < -0.39 is 11.9 Å². The highest BCUT2D eigenvalue weighted by Crippen LogP contribution is 2.34. The quantitative estimate of drug-likeness (QED) is 0.402. The first kappa shape index (κ1) is 21.9. The smallest absolute Gasteiger partial charge is 0.328 e. The van der Waals surface area contributed by atoms with Crippen molar-refractivity contribution in [1.29, 1.82) is 0 Å². The van der Waals surface area contributed by atoms with Gasteiger partial charge < -0.3 is 20.5 Å². The van der Waals surface area contributed by atoms with E-state index in [-0.39, 0.29) is 6.04 Å². The minimum Gasteiger partial charge on any atom is -0.478 e. The van der Waals surface area contributed by atoms with Gasteiger partial charge in [-0.05, 0) is 36.2 Å². The maximum atomic E-state index is 9.55. The SMILES string of the molecule is C=CCC(N)c1cc(Cl)ccc1-c1noc2ccccc12.O=C(O)/C=C/C(=O)O. The second-order valence-electron chi connectivity index (χ2n) is 5.90. The molecule has 0 aliphatic rings. The Balaban J connectivity index is 0.000000321. The number of carbonyl (C=O) groups is 2. The molecule has 0 amide bonds. The Kier molecular flexibility index (Phi) is 7.70. The highest BCUT2D eigenvalue weighted by Gasteiger charge is 2.17. The highest BCUT2D eigenvalue weighted by atomic mass is 35.5. The van der Waals surface area contributed by atoms with Gasteiger partial charge in [-0.2, -0.15) is 0 Å². The zero-order valence-corrected chi connectivity index (χ0v) is 16.0. The van der Waals surface area contributed by atoms with Crippen LogP contribution in [0.5, 0.6) is 0 Å². The van der Waals surface area contributed by atoms with Crippen LogP contribution in [0.25, 0.3) is 22.2 Å². The summed E-state index contributed by atoms with van der Waals surface area (Å²) in [7, 11) is 0. The summed E-state index contributed by atoms with van der Waals surface area (Å²) in [6, 6.07) is 13.2. The van der Waals surface area contributed by atoms with Crippen LogP contribution in [-0.4, -0.2) is 27.3 Å². The Bertz CT molecular complexity index is 1040. The van der Waals surface area contributed by atoms with Crippen LogP contribution in [0.4, 0.5) is 0 Å². The Labute approximate surface area is 171 Å². The number of fused-ring (bicyclic) bond motifs is 1. The minimum absolute atomic E-state index is 0.174. The lowest BCUT2D eigenvalue weighted by Gasteiger charge is -2.14. The minimum atomic E-state index is -1.26. The monoisotopic (exact) mass is 414 g/mol. The topological polar surface area (TPSA) is 127 Å². The average molecular weight is 415 g/mol. The van der Waals surface area contributed by atoms with E-state index in [0.29, 0.717) is 23.6 Å². The summed E-state index contributed by atoms with van der Waals surface area (Å²) >= 11 is 6.12. The molecule has 3 rings (SSSR count). The first-order valence-electron chi connectivity index (χ1n) is 8.48. The number of hydrogen-bond donors (Lipinski definition) is 3. The number of rotatable bonds is 6. The summed E-state index contributed by atoms with van der Waals surface area (Å²) in [5.74, 6) is -2.51. The summed E-state index contributed by atoms with van der Waals surface area (Å²) in [5.41, 5.74) is 9.67. The predicted octanol–water partition coefficient (Wildman–Crippen LogP) is 4.44. The van der Waals surface area contributed by atoms with Gasteiger partial charge in [-0.1, -0.05) is 41.0 Å². The van der Waals surface area contributed by atoms with Gasteiger partial charge in [0, 0.05) is 34.2 Å². The van der Waals surface area contributed by atoms with Crippen LogP contribution < -0.4 is 5.73 Å². The fraction of sp³-hybridized carbons (Fsp3) is 0.0952. The number of nitrogens with two attached hydrogens (primary N) is 1. The lowest BCUT2D eigenvalue weighted by molar-refractivity contribution is -0.134. The molecule has 0 bridgehead atoms. The van der Waals surface area contributed by atoms with Gasteiger partial charge in [0.25, 0.3) is 0 Å². The van der Waals surface area contributed by atoms with E-state index in [1.54, 1.807) is 6.08 Å². The lowest BCUT2D eigenvalue weighted by atomic mass is 9.95. The molecule has 0 aliphatic carbocycles. The zero-order chi connectivity index (χ0) is 21.4. The molecular formula is C21H19ClN2O5. The van der Waals surface area contributed by atoms with E-state index in [1.165, 1.54) is 0 Å². The second kappa shape index (κ2) is 10.2. The van der Waals surface area contributed by atoms with Crippen molar-refractivity contribution >= 4 is 34.5 Å². The van der Waals surface area contributed by atoms with Crippen molar-refractivity contribution < 1.29 is 24.3 Å². The molecule has 4 N–H and O–H groups in total. The predicted molar refractivity (Wildman–Crippen MR) is 111 cm³/mol. The van der Waals surface area contributed by atoms with Gasteiger partial charge in [0.2, 0.25) is 0 Å². The van der Waals surface area contributed by atoms with E-state index in [4.69, 9.17) is 32.1 Å². The number of aromatic nitrogens is 1. The summed E-state index contributed by atoms with van der Waals surface area (Å²) in [6.07, 6.45) is 3.59. The van der Waals surface area contributed by atoms with E-state index in [0.717, 1.165) is 27.8 Å². The number of benzene rings is 2. The van der Waals surface area contributed by atoms with Gasteiger partial charge in [0.15, 0.2) is 5.58 Å². The van der Waals surface area contributed by atoms with Crippen LogP contribution in [-0.2, 0) is 9.59 Å². The van der Waals surface area contributed by atoms with Crippen molar-refractivity contribution in [3.63, 3.8) is 0 Å². The van der Waals surface area contributed by atoms with Crippen LogP contribution in [0.1, 0.15) is 18.0 Å². The van der Waals surface area contributed by atoms with Crippen LogP contribution in [0.2, 0.25) is 5.02 Å². The molecule has 1 atom stereocenters. The maximum absolute atomic E-state index is 9.55. The van der Waals surface area contributed by atoms with Gasteiger partial charge in [-0.15, -0.1) is 6.58 Å². The molecule has 1 unspecified atom stereocenters. The Hall–Kier alpha value is -3.42. The maximum Gasteiger partial charge on any atom is 0.328 e. The molecule has 7 nitrogen and oxygen atoms in total. The van der Waals surface area contributed by atoms with Gasteiger partial charge in [-0.3, -0.25) is 0 Å². The first-order valence-corrected chi connectivity index (χ1v) is 8.86. The summed E-state index contributed by atoms with van der Waals surface area (Å²) in [6.45, 7) is 3.74. The number of hydrogen-bond acceptors (Lipinski definition) is 5. The molecule has 1 aromatic heterocycles. The highest BCUT2D eigenvalue weighted by molar-refractivity contribution is 6.30. The fourth-order valence-corrected chi connectivity index (χ4v) is 2.77. The molecule has 0 fully saturated rings. The third-order valence-electron chi connectivity index (χ3n) is 3.83. The Morgan fingerprint density at radius 3 is 2.45 bits per heavy atom. The number of halogens is 1. The van der Waals surface area contributed by atoms with E-state index in [2.05, 4.69) is 11.7 Å². The molecule has 0 saturated heterocycles. The van der Waals surface area contributed by atoms with Crippen LogP contribution in [0.3, 0.4) is 0 Å². The number of nitrogens with zero attached hydrogens (tertiary/aromatic N) is 1. The van der Waals surface area contributed by atoms with Gasteiger partial charge in [0.05, 0.1) is 0 Å². The zero-order valence-electron chi connectivity index (χ0n) is 15.3. The molecule has 8 heteroatoms. The van der Waals surface area contributed by atoms with E-state index >= 15 is 0 Å². The largest absolute Gasteiger partial charge is 0.478 e. The Morgan fingerprint density at radius 2 is 1.83 bits per heavy atom. The van der Waals surface area contributed by atoms with Crippen LogP contribution in [0, 0.1) is 0 Å². The third-order valence-corrected chi connectivity index (χ3v) is 4.07. The molecule has 150 valence electrons. The third kappa shape index (κ3) is 6.03. The molecule has 0 spiro atoms. The number of aliphatic carboxylic acids is 2. The van der Waals surface area contributed by atoms with Crippen molar-refractivity contribution in [2.75, 3.05) is 0 Å². The van der Waals surface area contributed by atoms with Crippen LogP contribution in [0.15, 0.2) is 71.8 Å². The van der Waals surface area contributed by atoms with E-state index in [1.807, 2.05) is 42.5 Å². The summed E-state index contributed by atoms with van der Waals surface area (Å²) in [5, 5.41) is 21.4. The molecule has 1 heterocycles. The lowest BCUT2D eigenvalue weighted by Crippen LogP contribution is -2.10. The van der Waals surface area contributed by atoms with Gasteiger partial charge in [-0.25, -0.2) is 9.59 Å². The fourth-order valence-electron chi connectivity index (χ4n) is 2.59. The number of para-hydroxylation sites is 1. The summed E-state index contributed by atoms with van der Waals surface area (Å²) < 4.78 is 5.38. The van der Waals surface area contributed by atoms with Crippen molar-refractivity contribution in [2.45, 2.75) is 12.5 Å². The second-order valence-corrected chi connectivity index (χ2v) is 6.34. The molecule has 2 aromatic carbocycles. The average Bonchev–Trinajstić information content (AvgIpc) is 3.11. The number of carboxylic acid groups (broad SMARTS) is 2. The molecule has 29 heavy (non-hydrogen) atoms.